The summed E-state index contributed by atoms with van der Waals surface area (Å²) in [5.74, 6) is 0.312. The molecule has 0 saturated carbocycles. The van der Waals surface area contributed by atoms with E-state index in [4.69, 9.17) is 4.74 Å². The van der Waals surface area contributed by atoms with Crippen molar-refractivity contribution in [3.05, 3.63) is 0 Å². The Kier molecular flexibility index (Phi) is 4.11. The van der Waals surface area contributed by atoms with E-state index in [-0.39, 0.29) is 17.4 Å². The van der Waals surface area contributed by atoms with Gasteiger partial charge in [-0.25, -0.2) is 0 Å². The van der Waals surface area contributed by atoms with Gasteiger partial charge in [-0.1, -0.05) is 0 Å². The summed E-state index contributed by atoms with van der Waals surface area (Å²) in [5.41, 5.74) is -0.278. The van der Waals surface area contributed by atoms with Gasteiger partial charge < -0.3 is 15.0 Å². The van der Waals surface area contributed by atoms with Crippen LogP contribution in [0.3, 0.4) is 0 Å². The van der Waals surface area contributed by atoms with E-state index < -0.39 is 0 Å². The molecule has 1 aliphatic heterocycles. The number of likely N-dealkylation sites (tertiary alicyclic amines) is 1. The molecule has 0 spiro atoms. The molecular weight excluding hydrogens is 192 g/mol. The van der Waals surface area contributed by atoms with Gasteiger partial charge in [-0.05, 0) is 33.9 Å². The monoisotopic (exact) mass is 214 g/mol. The zero-order valence-electron chi connectivity index (χ0n) is 10.2. The van der Waals surface area contributed by atoms with Gasteiger partial charge in [0, 0.05) is 20.2 Å². The first-order valence-electron chi connectivity index (χ1n) is 5.46. The Labute approximate surface area is 92.0 Å². The van der Waals surface area contributed by atoms with Crippen LogP contribution in [0.15, 0.2) is 0 Å². The number of nitrogens with zero attached hydrogens (tertiary/aromatic N) is 1. The van der Waals surface area contributed by atoms with Crippen molar-refractivity contribution in [3.8, 4) is 0 Å². The van der Waals surface area contributed by atoms with E-state index in [0.29, 0.717) is 6.54 Å². The second-order valence-corrected chi connectivity index (χ2v) is 4.93. The quantitative estimate of drug-likeness (QED) is 0.740. The summed E-state index contributed by atoms with van der Waals surface area (Å²) in [6.07, 6.45) is 0.968. The molecule has 1 N–H and O–H groups in total. The highest BCUT2D eigenvalue weighted by molar-refractivity contribution is 5.79. The maximum atomic E-state index is 11.8. The molecule has 0 bridgehead atoms. The lowest BCUT2D eigenvalue weighted by atomic mass is 10.1. The van der Waals surface area contributed by atoms with Crippen molar-refractivity contribution in [2.24, 2.45) is 5.92 Å². The number of hydrogen-bond acceptors (Lipinski definition) is 3. The van der Waals surface area contributed by atoms with Crippen molar-refractivity contribution in [1.29, 1.82) is 0 Å². The van der Waals surface area contributed by atoms with Gasteiger partial charge in [-0.3, -0.25) is 4.79 Å². The van der Waals surface area contributed by atoms with E-state index in [0.717, 1.165) is 19.5 Å². The van der Waals surface area contributed by atoms with Gasteiger partial charge in [0.05, 0.1) is 11.5 Å². The Bertz CT molecular complexity index is 229. The van der Waals surface area contributed by atoms with Gasteiger partial charge in [0.1, 0.15) is 0 Å². The smallest absolute Gasteiger partial charge is 0.224 e. The number of ether oxygens (including phenoxy) is 1. The standard InChI is InChI=1S/C11H22N2O2/c1-11(2,15-4)8-12-10(14)9-5-6-13(3)7-9/h9H,5-8H2,1-4H3,(H,12,14). The predicted molar refractivity (Wildman–Crippen MR) is 59.7 cm³/mol. The highest BCUT2D eigenvalue weighted by Crippen LogP contribution is 2.14. The summed E-state index contributed by atoms with van der Waals surface area (Å²) in [4.78, 5) is 13.9. The minimum Gasteiger partial charge on any atom is -0.377 e. The second-order valence-electron chi connectivity index (χ2n) is 4.93. The Morgan fingerprint density at radius 3 is 2.73 bits per heavy atom. The summed E-state index contributed by atoms with van der Waals surface area (Å²) in [5, 5.41) is 2.95. The van der Waals surface area contributed by atoms with E-state index in [1.807, 2.05) is 20.9 Å². The number of methoxy groups -OCH3 is 1. The fourth-order valence-electron chi connectivity index (χ4n) is 1.67. The molecule has 4 heteroatoms. The van der Waals surface area contributed by atoms with Crippen molar-refractivity contribution in [2.45, 2.75) is 25.9 Å². The van der Waals surface area contributed by atoms with E-state index >= 15 is 0 Å². The minimum absolute atomic E-state index is 0.155. The zero-order chi connectivity index (χ0) is 11.5. The van der Waals surface area contributed by atoms with Crippen LogP contribution in [0.5, 0.6) is 0 Å². The Hall–Kier alpha value is -0.610. The van der Waals surface area contributed by atoms with Gasteiger partial charge in [0.2, 0.25) is 5.91 Å². The summed E-state index contributed by atoms with van der Waals surface area (Å²) >= 11 is 0. The fraction of sp³-hybridized carbons (Fsp3) is 0.909. The zero-order valence-corrected chi connectivity index (χ0v) is 10.2. The number of amides is 1. The number of rotatable bonds is 4. The summed E-state index contributed by atoms with van der Waals surface area (Å²) in [6, 6.07) is 0. The number of carbonyl (C=O) groups excluding carboxylic acids is 1. The average molecular weight is 214 g/mol. The van der Waals surface area contributed by atoms with Gasteiger partial charge in [0.25, 0.3) is 0 Å². The van der Waals surface area contributed by atoms with Crippen LogP contribution >= 0.6 is 0 Å². The molecule has 15 heavy (non-hydrogen) atoms. The molecule has 88 valence electrons. The van der Waals surface area contributed by atoms with Crippen LogP contribution in [0.25, 0.3) is 0 Å². The van der Waals surface area contributed by atoms with E-state index in [1.54, 1.807) is 7.11 Å². The molecule has 1 fully saturated rings. The number of hydrogen-bond donors (Lipinski definition) is 1. The molecule has 1 rings (SSSR count). The van der Waals surface area contributed by atoms with Crippen LogP contribution in [-0.2, 0) is 9.53 Å². The van der Waals surface area contributed by atoms with Crippen molar-refractivity contribution in [1.82, 2.24) is 10.2 Å². The highest BCUT2D eigenvalue weighted by atomic mass is 16.5. The molecule has 0 aliphatic carbocycles. The molecule has 1 aliphatic rings. The molecule has 0 radical (unpaired) electrons. The second kappa shape index (κ2) is 4.94. The number of nitrogens with one attached hydrogen (secondary N) is 1. The van der Waals surface area contributed by atoms with Crippen molar-refractivity contribution in [2.75, 3.05) is 33.8 Å². The molecule has 1 saturated heterocycles. The molecule has 4 nitrogen and oxygen atoms in total. The first kappa shape index (κ1) is 12.5. The average Bonchev–Trinajstić information content (AvgIpc) is 2.61. The van der Waals surface area contributed by atoms with Gasteiger partial charge in [-0.15, -0.1) is 0 Å². The highest BCUT2D eigenvalue weighted by Gasteiger charge is 2.27. The van der Waals surface area contributed by atoms with E-state index in [1.165, 1.54) is 0 Å². The summed E-state index contributed by atoms with van der Waals surface area (Å²) in [7, 11) is 3.71. The normalized spacial score (nSPS) is 23.1. The van der Waals surface area contributed by atoms with Gasteiger partial charge in [-0.2, -0.15) is 0 Å². The Morgan fingerprint density at radius 2 is 2.27 bits per heavy atom. The van der Waals surface area contributed by atoms with Gasteiger partial charge in [0.15, 0.2) is 0 Å². The molecule has 0 aromatic carbocycles. The fourth-order valence-corrected chi connectivity index (χ4v) is 1.67. The molecule has 1 atom stereocenters. The van der Waals surface area contributed by atoms with Crippen LogP contribution < -0.4 is 5.32 Å². The third-order valence-corrected chi connectivity index (χ3v) is 3.00. The largest absolute Gasteiger partial charge is 0.377 e. The molecule has 1 heterocycles. The van der Waals surface area contributed by atoms with E-state index in [9.17, 15) is 4.79 Å². The molecular formula is C11H22N2O2. The van der Waals surface area contributed by atoms with Crippen molar-refractivity contribution in [3.63, 3.8) is 0 Å². The maximum absolute atomic E-state index is 11.8. The lowest BCUT2D eigenvalue weighted by molar-refractivity contribution is -0.125. The van der Waals surface area contributed by atoms with E-state index in [2.05, 4.69) is 10.2 Å². The Balaban J connectivity index is 2.30. The predicted octanol–water partition coefficient (Wildman–Crippen LogP) is 0.479. The molecule has 1 amide bonds. The summed E-state index contributed by atoms with van der Waals surface area (Å²) < 4.78 is 5.25. The van der Waals surface area contributed by atoms with Crippen LogP contribution in [0.4, 0.5) is 0 Å². The molecule has 0 aromatic heterocycles. The van der Waals surface area contributed by atoms with Crippen LogP contribution in [0.1, 0.15) is 20.3 Å². The SMILES string of the molecule is COC(C)(C)CNC(=O)C1CCN(C)C1. The first-order chi connectivity index (χ1) is 6.94. The summed E-state index contributed by atoms with van der Waals surface area (Å²) in [6.45, 7) is 6.40. The third-order valence-electron chi connectivity index (χ3n) is 3.00. The molecule has 0 aromatic rings. The maximum Gasteiger partial charge on any atom is 0.224 e. The van der Waals surface area contributed by atoms with Gasteiger partial charge >= 0.3 is 0 Å². The lowest BCUT2D eigenvalue weighted by Crippen LogP contribution is -2.42. The van der Waals surface area contributed by atoms with Crippen LogP contribution in [0.2, 0.25) is 0 Å². The van der Waals surface area contributed by atoms with Crippen molar-refractivity contribution < 1.29 is 9.53 Å². The Morgan fingerprint density at radius 1 is 1.60 bits per heavy atom. The first-order valence-corrected chi connectivity index (χ1v) is 5.46. The van der Waals surface area contributed by atoms with Crippen LogP contribution in [0, 0.1) is 5.92 Å². The third kappa shape index (κ3) is 3.80. The minimum atomic E-state index is -0.278. The molecule has 1 unspecified atom stereocenters. The topological polar surface area (TPSA) is 41.6 Å². The lowest BCUT2D eigenvalue weighted by Gasteiger charge is -2.24. The number of carbonyl (C=O) groups is 1. The van der Waals surface area contributed by atoms with Crippen LogP contribution in [-0.4, -0.2) is 50.2 Å². The van der Waals surface area contributed by atoms with Crippen molar-refractivity contribution >= 4 is 5.91 Å².